The first kappa shape index (κ1) is 31.7. The Morgan fingerprint density at radius 2 is 1.60 bits per heavy atom. The molecule has 1 aliphatic rings. The van der Waals surface area contributed by atoms with Gasteiger partial charge in [0, 0.05) is 48.8 Å². The van der Waals surface area contributed by atoms with Gasteiger partial charge in [0.25, 0.3) is 0 Å². The molecule has 0 spiro atoms. The fourth-order valence-electron chi connectivity index (χ4n) is 4.69. The highest BCUT2D eigenvalue weighted by molar-refractivity contribution is 7.80. The van der Waals surface area contributed by atoms with Crippen molar-refractivity contribution in [3.8, 4) is 5.75 Å². The van der Waals surface area contributed by atoms with Crippen LogP contribution in [0.1, 0.15) is 59.8 Å². The van der Waals surface area contributed by atoms with Gasteiger partial charge in [0.05, 0.1) is 24.3 Å². The molecular weight excluding hydrogens is 554 g/mol. The molecule has 40 heavy (non-hydrogen) atoms. The topological polar surface area (TPSA) is 147 Å². The van der Waals surface area contributed by atoms with E-state index in [1.165, 1.54) is 0 Å². The van der Waals surface area contributed by atoms with Gasteiger partial charge in [-0.15, -0.1) is 0 Å². The van der Waals surface area contributed by atoms with E-state index in [4.69, 9.17) is 9.84 Å². The maximum atomic E-state index is 13.0. The quantitative estimate of drug-likeness (QED) is 0.0824. The van der Waals surface area contributed by atoms with E-state index in [0.717, 1.165) is 19.3 Å². The number of nitrogens with one attached hydrogen (secondary N) is 2. The second-order valence-electron chi connectivity index (χ2n) is 9.67. The zero-order valence-corrected chi connectivity index (χ0v) is 24.0. The Kier molecular flexibility index (Phi) is 12.6. The lowest BCUT2D eigenvalue weighted by atomic mass is 10.1. The number of ketones is 2. The Hall–Kier alpha value is -2.80. The predicted octanol–water partition coefficient (Wildman–Crippen LogP) is 2.66. The molecule has 0 fully saturated rings. The van der Waals surface area contributed by atoms with Crippen molar-refractivity contribution in [2.45, 2.75) is 56.7 Å². The van der Waals surface area contributed by atoms with Gasteiger partial charge in [-0.3, -0.25) is 19.2 Å². The van der Waals surface area contributed by atoms with Crippen LogP contribution in [-0.2, 0) is 20.9 Å². The maximum Gasteiger partial charge on any atom is 0.321 e. The number of benzene rings is 1. The van der Waals surface area contributed by atoms with Crippen LogP contribution in [0.4, 0.5) is 0 Å². The van der Waals surface area contributed by atoms with E-state index in [1.807, 2.05) is 0 Å². The first-order chi connectivity index (χ1) is 19.3. The van der Waals surface area contributed by atoms with Crippen LogP contribution >= 0.6 is 25.3 Å². The van der Waals surface area contributed by atoms with Crippen LogP contribution < -0.4 is 15.4 Å². The molecule has 0 aliphatic carbocycles. The van der Waals surface area contributed by atoms with Gasteiger partial charge in [-0.05, 0) is 62.1 Å². The normalized spacial score (nSPS) is 15.8. The van der Waals surface area contributed by atoms with Crippen molar-refractivity contribution in [3.63, 3.8) is 0 Å². The second kappa shape index (κ2) is 15.8. The van der Waals surface area contributed by atoms with Gasteiger partial charge in [-0.1, -0.05) is 0 Å². The van der Waals surface area contributed by atoms with Crippen LogP contribution in [0.5, 0.6) is 5.75 Å². The van der Waals surface area contributed by atoms with Crippen molar-refractivity contribution in [2.75, 3.05) is 31.2 Å². The molecule has 0 bridgehead atoms. The van der Waals surface area contributed by atoms with E-state index in [1.54, 1.807) is 41.0 Å². The number of Topliss-reactive ketones (excluding diaryl/α,β-unsaturated/α-hetero) is 1. The average Bonchev–Trinajstić information content (AvgIpc) is 3.55. The van der Waals surface area contributed by atoms with Crippen molar-refractivity contribution in [1.82, 2.24) is 15.2 Å². The van der Waals surface area contributed by atoms with E-state index in [0.29, 0.717) is 67.5 Å². The van der Waals surface area contributed by atoms with Crippen LogP contribution in [0, 0.1) is 0 Å². The zero-order chi connectivity index (χ0) is 29.1. The molecule has 1 aromatic heterocycles. The molecule has 2 heterocycles. The number of aliphatic carboxylic acids is 2. The summed E-state index contributed by atoms with van der Waals surface area (Å²) in [7, 11) is 0. The average molecular weight is 592 g/mol. The van der Waals surface area contributed by atoms with Crippen molar-refractivity contribution in [2.24, 2.45) is 0 Å². The third kappa shape index (κ3) is 8.60. The van der Waals surface area contributed by atoms with Gasteiger partial charge in [-0.25, -0.2) is 0 Å². The number of aromatic nitrogens is 1. The number of hydrogen-bond donors (Lipinski definition) is 6. The van der Waals surface area contributed by atoms with Crippen LogP contribution in [0.2, 0.25) is 0 Å². The van der Waals surface area contributed by atoms with E-state index in [9.17, 15) is 24.3 Å². The summed E-state index contributed by atoms with van der Waals surface area (Å²) >= 11 is 8.26. The lowest BCUT2D eigenvalue weighted by Gasteiger charge is -2.17. The molecule has 12 heteroatoms. The summed E-state index contributed by atoms with van der Waals surface area (Å²) in [5, 5.41) is 24.4. The van der Waals surface area contributed by atoms with Gasteiger partial charge in [-0.2, -0.15) is 25.3 Å². The summed E-state index contributed by atoms with van der Waals surface area (Å²) in [5.74, 6) is -1.27. The first-order valence-corrected chi connectivity index (χ1v) is 14.7. The van der Waals surface area contributed by atoms with Crippen LogP contribution in [0.25, 0.3) is 0 Å². The van der Waals surface area contributed by atoms with Crippen molar-refractivity contribution in [1.29, 1.82) is 0 Å². The minimum atomic E-state index is -0.956. The fraction of sp³-hybridized carbons (Fsp3) is 0.500. The largest absolute Gasteiger partial charge is 0.494 e. The number of carbonyl (C=O) groups is 4. The summed E-state index contributed by atoms with van der Waals surface area (Å²) in [4.78, 5) is 47.8. The predicted molar refractivity (Wildman–Crippen MR) is 157 cm³/mol. The van der Waals surface area contributed by atoms with Crippen molar-refractivity contribution >= 4 is 48.8 Å². The molecule has 3 rings (SSSR count). The number of carboxylic acid groups (broad SMARTS) is 2. The first-order valence-electron chi connectivity index (χ1n) is 13.4. The van der Waals surface area contributed by atoms with Crippen LogP contribution in [-0.4, -0.2) is 81.6 Å². The molecule has 0 saturated carbocycles. The van der Waals surface area contributed by atoms with E-state index in [2.05, 4.69) is 35.9 Å². The van der Waals surface area contributed by atoms with E-state index < -0.39 is 23.9 Å². The van der Waals surface area contributed by atoms with Gasteiger partial charge in [0.1, 0.15) is 11.8 Å². The van der Waals surface area contributed by atoms with Gasteiger partial charge in [0.15, 0.2) is 5.78 Å². The van der Waals surface area contributed by atoms with Gasteiger partial charge >= 0.3 is 11.9 Å². The number of thiol groups is 2. The minimum absolute atomic E-state index is 0.0762. The Balaban J connectivity index is 1.33. The molecule has 0 amide bonds. The molecule has 2 aromatic rings. The summed E-state index contributed by atoms with van der Waals surface area (Å²) < 4.78 is 7.58. The number of rotatable bonds is 19. The van der Waals surface area contributed by atoms with Gasteiger partial charge < -0.3 is 30.2 Å². The molecule has 0 radical (unpaired) electrons. The minimum Gasteiger partial charge on any atom is -0.494 e. The van der Waals surface area contributed by atoms with Crippen molar-refractivity contribution in [3.05, 3.63) is 53.3 Å². The lowest BCUT2D eigenvalue weighted by Crippen LogP contribution is -2.45. The molecule has 0 unspecified atom stereocenters. The van der Waals surface area contributed by atoms with E-state index in [-0.39, 0.29) is 23.4 Å². The number of nitrogens with zero attached hydrogens (tertiary/aromatic N) is 1. The number of hydrogen-bond acceptors (Lipinski definition) is 9. The van der Waals surface area contributed by atoms with E-state index >= 15 is 0 Å². The summed E-state index contributed by atoms with van der Waals surface area (Å²) in [5.41, 5.74) is 1.68. The summed E-state index contributed by atoms with van der Waals surface area (Å²) in [6.45, 7) is 1.86. The smallest absolute Gasteiger partial charge is 0.321 e. The zero-order valence-electron chi connectivity index (χ0n) is 22.3. The Morgan fingerprint density at radius 3 is 2.23 bits per heavy atom. The summed E-state index contributed by atoms with van der Waals surface area (Å²) in [6, 6.07) is 9.22. The van der Waals surface area contributed by atoms with Crippen LogP contribution in [0.3, 0.4) is 0 Å². The molecule has 0 saturated heterocycles. The number of carboxylic acids is 2. The number of ether oxygens (including phenoxy) is 1. The highest BCUT2D eigenvalue weighted by Crippen LogP contribution is 2.31. The summed E-state index contributed by atoms with van der Waals surface area (Å²) in [6.07, 6.45) is 3.24. The molecule has 218 valence electrons. The fourth-order valence-corrected chi connectivity index (χ4v) is 5.31. The maximum absolute atomic E-state index is 13.0. The number of unbranched alkanes of at least 4 members (excludes halogenated alkanes) is 2. The monoisotopic (exact) mass is 591 g/mol. The third-order valence-electron chi connectivity index (χ3n) is 6.95. The number of fused-ring (bicyclic) bond motifs is 1. The number of carbonyl (C=O) groups excluding carboxylic acids is 2. The Morgan fingerprint density at radius 1 is 0.925 bits per heavy atom. The highest BCUT2D eigenvalue weighted by Gasteiger charge is 2.31. The molecule has 10 nitrogen and oxygen atoms in total. The molecule has 3 atom stereocenters. The van der Waals surface area contributed by atoms with Crippen LogP contribution in [0.15, 0.2) is 36.4 Å². The Labute approximate surface area is 244 Å². The van der Waals surface area contributed by atoms with Gasteiger partial charge in [0.2, 0.25) is 5.78 Å². The standard InChI is InChI=1S/C28H37N3O7S2/c32-25(21(16-39)29-12-13-30-22(17-40)28(36)37)4-2-1-3-15-38-19-7-5-18(6-8-19)26(33)24-10-9-23-20(27(34)35)11-14-31(23)24/h5-10,20-22,29-30,39-40H,1-4,11-17H2,(H,34,35)(H,36,37)/t20-,21-,22-/m0/s1. The highest BCUT2D eigenvalue weighted by atomic mass is 32.1. The second-order valence-corrected chi connectivity index (χ2v) is 10.4. The SMILES string of the molecule is O=C(c1ccc(OCCCCCC(=O)[C@H](CS)NCCN[C@@H](CS)C(=O)O)cc1)c1ccc2n1CC[C@@H]2C(=O)O. The third-order valence-corrected chi connectivity index (χ3v) is 7.68. The molecule has 1 aliphatic heterocycles. The van der Waals surface area contributed by atoms with Crippen molar-refractivity contribution < 1.29 is 34.1 Å². The molecular formula is C28H37N3O7S2. The lowest BCUT2D eigenvalue weighted by molar-refractivity contribution is -0.139. The molecule has 4 N–H and O–H groups in total. The molecule has 1 aromatic carbocycles. The Bertz CT molecular complexity index is 1170.